The minimum Gasteiger partial charge on any atom is -0.870 e. The van der Waals surface area contributed by atoms with E-state index in [4.69, 9.17) is 0 Å². The number of nitrogens with two attached hydrogens (primary N) is 1. The Hall–Kier alpha value is -0.0800. The first-order valence-electron chi connectivity index (χ1n) is 12.2. The molecule has 160 valence electrons. The number of hydrogen-bond acceptors (Lipinski definition) is 1. The zero-order chi connectivity index (χ0) is 18.3. The minimum absolute atomic E-state index is 0. The Balaban J connectivity index is 0. The Morgan fingerprint density at radius 2 is 0.577 bits per heavy atom. The van der Waals surface area contributed by atoms with Crippen LogP contribution in [0.4, 0.5) is 0 Å². The largest absolute Gasteiger partial charge is 0.870 e. The lowest BCUT2D eigenvalue weighted by Crippen LogP contribution is -2.84. The van der Waals surface area contributed by atoms with Crippen LogP contribution in [-0.2, 0) is 0 Å². The van der Waals surface area contributed by atoms with Crippen LogP contribution >= 0.6 is 0 Å². The van der Waals surface area contributed by atoms with Crippen LogP contribution in [0.1, 0.15) is 142 Å². The van der Waals surface area contributed by atoms with Crippen LogP contribution < -0.4 is 5.32 Å². The van der Waals surface area contributed by atoms with E-state index in [1.54, 1.807) is 0 Å². The summed E-state index contributed by atoms with van der Waals surface area (Å²) in [5, 5.41) is 2.56. The first-order valence-corrected chi connectivity index (χ1v) is 12.2. The fourth-order valence-electron chi connectivity index (χ4n) is 3.70. The highest BCUT2D eigenvalue weighted by Gasteiger charge is 1.96. The summed E-state index contributed by atoms with van der Waals surface area (Å²) >= 11 is 0. The molecule has 3 N–H and O–H groups in total. The van der Waals surface area contributed by atoms with Crippen LogP contribution in [-0.4, -0.2) is 18.6 Å². The summed E-state index contributed by atoms with van der Waals surface area (Å²) in [4.78, 5) is 0. The third-order valence-corrected chi connectivity index (χ3v) is 5.52. The van der Waals surface area contributed by atoms with Gasteiger partial charge in [-0.05, 0) is 25.7 Å². The number of quaternary nitrogens is 1. The average molecular weight is 372 g/mol. The summed E-state index contributed by atoms with van der Waals surface area (Å²) in [6.07, 6.45) is 29.1. The van der Waals surface area contributed by atoms with Gasteiger partial charge in [-0.3, -0.25) is 0 Å². The van der Waals surface area contributed by atoms with E-state index < -0.39 is 0 Å². The maximum absolute atomic E-state index is 2.56. The minimum atomic E-state index is 0. The van der Waals surface area contributed by atoms with E-state index in [0.717, 1.165) is 0 Å². The Morgan fingerprint density at radius 3 is 0.846 bits per heavy atom. The second kappa shape index (κ2) is 27.1. The molecule has 0 aromatic heterocycles. The van der Waals surface area contributed by atoms with Gasteiger partial charge in [-0.1, -0.05) is 117 Å². The van der Waals surface area contributed by atoms with Crippen molar-refractivity contribution in [3.8, 4) is 0 Å². The maximum Gasteiger partial charge on any atom is 0.0755 e. The predicted molar refractivity (Wildman–Crippen MR) is 117 cm³/mol. The molecule has 0 saturated carbocycles. The quantitative estimate of drug-likeness (QED) is 0.201. The first-order chi connectivity index (χ1) is 12.4. The van der Waals surface area contributed by atoms with Crippen molar-refractivity contribution >= 4 is 0 Å². The Kier molecular flexibility index (Phi) is 29.4. The van der Waals surface area contributed by atoms with E-state index in [1.807, 2.05) is 0 Å². The fourth-order valence-corrected chi connectivity index (χ4v) is 3.70. The molecule has 2 heteroatoms. The molecule has 26 heavy (non-hydrogen) atoms. The molecule has 0 spiro atoms. The van der Waals surface area contributed by atoms with Crippen molar-refractivity contribution in [2.75, 3.05) is 13.1 Å². The molecule has 0 aromatic rings. The van der Waals surface area contributed by atoms with Crippen LogP contribution in [0.5, 0.6) is 0 Å². The maximum atomic E-state index is 2.56. The summed E-state index contributed by atoms with van der Waals surface area (Å²) in [6, 6.07) is 0. The van der Waals surface area contributed by atoms with Gasteiger partial charge in [-0.15, -0.1) is 0 Å². The lowest BCUT2D eigenvalue weighted by molar-refractivity contribution is -0.655. The Labute approximate surface area is 166 Å². The topological polar surface area (TPSA) is 46.6 Å². The first kappa shape index (κ1) is 28.1. The van der Waals surface area contributed by atoms with Gasteiger partial charge in [0, 0.05) is 0 Å². The normalized spacial score (nSPS) is 10.8. The predicted octanol–water partition coefficient (Wildman–Crippen LogP) is 7.21. The highest BCUT2D eigenvalue weighted by atomic mass is 16.0. The third-order valence-electron chi connectivity index (χ3n) is 5.52. The van der Waals surface area contributed by atoms with Gasteiger partial charge in [-0.2, -0.15) is 0 Å². The Morgan fingerprint density at radius 1 is 0.346 bits per heavy atom. The number of rotatable bonds is 22. The molecule has 0 bridgehead atoms. The van der Waals surface area contributed by atoms with E-state index in [9.17, 15) is 0 Å². The van der Waals surface area contributed by atoms with Crippen molar-refractivity contribution in [2.45, 2.75) is 142 Å². The molecule has 2 nitrogen and oxygen atoms in total. The molecule has 0 amide bonds. The zero-order valence-corrected chi connectivity index (χ0v) is 18.6. The molecular formula is C24H53NO. The van der Waals surface area contributed by atoms with E-state index >= 15 is 0 Å². The van der Waals surface area contributed by atoms with Gasteiger partial charge in [0.2, 0.25) is 0 Å². The highest BCUT2D eigenvalue weighted by Crippen LogP contribution is 2.11. The molecule has 0 atom stereocenters. The third kappa shape index (κ3) is 26.2. The molecular weight excluding hydrogens is 318 g/mol. The molecule has 0 radical (unpaired) electrons. The standard InChI is InChI=1S/C24H51N.H2O/c1-3-5-7-9-11-13-15-17-19-21-23-25-24-22-20-18-16-14-12-10-8-6-4-2;/h25H,3-24H2,1-2H3;1H2. The van der Waals surface area contributed by atoms with Gasteiger partial charge in [0.25, 0.3) is 0 Å². The molecule has 0 aliphatic rings. The highest BCUT2D eigenvalue weighted by molar-refractivity contribution is 4.48. The molecule has 0 fully saturated rings. The molecule has 0 aliphatic carbocycles. The molecule has 0 aromatic carbocycles. The molecule has 0 rings (SSSR count). The molecule has 0 heterocycles. The van der Waals surface area contributed by atoms with Crippen LogP contribution in [0.25, 0.3) is 0 Å². The smallest absolute Gasteiger partial charge is 0.0755 e. The van der Waals surface area contributed by atoms with Gasteiger partial charge in [0.05, 0.1) is 13.1 Å². The molecule has 0 saturated heterocycles. The Bertz CT molecular complexity index is 198. The summed E-state index contributed by atoms with van der Waals surface area (Å²) < 4.78 is 0. The van der Waals surface area contributed by atoms with E-state index in [1.165, 1.54) is 142 Å². The van der Waals surface area contributed by atoms with E-state index in [-0.39, 0.29) is 5.48 Å². The average Bonchev–Trinajstić information content (AvgIpc) is 2.63. The van der Waals surface area contributed by atoms with Gasteiger partial charge in [-0.25, -0.2) is 0 Å². The fraction of sp³-hybridized carbons (Fsp3) is 1.00. The summed E-state index contributed by atoms with van der Waals surface area (Å²) in [5.74, 6) is 0. The second-order valence-corrected chi connectivity index (χ2v) is 8.23. The second-order valence-electron chi connectivity index (χ2n) is 8.23. The van der Waals surface area contributed by atoms with Crippen LogP contribution in [0.2, 0.25) is 0 Å². The van der Waals surface area contributed by atoms with Crippen molar-refractivity contribution < 1.29 is 10.8 Å². The summed E-state index contributed by atoms with van der Waals surface area (Å²) in [7, 11) is 0. The van der Waals surface area contributed by atoms with Gasteiger partial charge < -0.3 is 10.8 Å². The lowest BCUT2D eigenvalue weighted by atomic mass is 10.1. The summed E-state index contributed by atoms with van der Waals surface area (Å²) in [6.45, 7) is 7.34. The zero-order valence-electron chi connectivity index (χ0n) is 18.6. The van der Waals surface area contributed by atoms with E-state index in [2.05, 4.69) is 19.2 Å². The van der Waals surface area contributed by atoms with Crippen LogP contribution in [0.3, 0.4) is 0 Å². The van der Waals surface area contributed by atoms with Gasteiger partial charge in [0.1, 0.15) is 0 Å². The van der Waals surface area contributed by atoms with E-state index in [0.29, 0.717) is 0 Å². The van der Waals surface area contributed by atoms with Crippen molar-refractivity contribution in [1.82, 2.24) is 0 Å². The van der Waals surface area contributed by atoms with Crippen molar-refractivity contribution in [3.63, 3.8) is 0 Å². The SMILES string of the molecule is CCCCCCCCCCCC[NH2+]CCCCCCCCCCCC.[OH-]. The number of hydrogen-bond donors (Lipinski definition) is 1. The monoisotopic (exact) mass is 371 g/mol. The van der Waals surface area contributed by atoms with Crippen molar-refractivity contribution in [2.24, 2.45) is 0 Å². The number of unbranched alkanes of at least 4 members (excludes halogenated alkanes) is 18. The van der Waals surface area contributed by atoms with Gasteiger partial charge in [0.15, 0.2) is 0 Å². The van der Waals surface area contributed by atoms with Crippen LogP contribution in [0.15, 0.2) is 0 Å². The molecule has 0 unspecified atom stereocenters. The summed E-state index contributed by atoms with van der Waals surface area (Å²) in [5.41, 5.74) is 0. The molecule has 0 aliphatic heterocycles. The van der Waals surface area contributed by atoms with Crippen molar-refractivity contribution in [1.29, 1.82) is 0 Å². The lowest BCUT2D eigenvalue weighted by Gasteiger charge is -2.04. The van der Waals surface area contributed by atoms with Crippen LogP contribution in [0, 0.1) is 0 Å². The van der Waals surface area contributed by atoms with Crippen molar-refractivity contribution in [3.05, 3.63) is 0 Å². The van der Waals surface area contributed by atoms with Gasteiger partial charge >= 0.3 is 0 Å².